The fourth-order valence-corrected chi connectivity index (χ4v) is 1.77. The molecule has 1 aromatic heterocycles. The van der Waals surface area contributed by atoms with E-state index in [2.05, 4.69) is 10.1 Å². The van der Waals surface area contributed by atoms with Crippen LogP contribution in [-0.2, 0) is 16.9 Å². The Kier molecular flexibility index (Phi) is 5.64. The standard InChI is InChI=1S/C13H25N5O2/c1-6-18(7-2)11(19)9-17(5)8-10-15-12(16-20-10)13(3,4)14/h6-9,14H2,1-5H3. The van der Waals surface area contributed by atoms with E-state index < -0.39 is 5.54 Å². The van der Waals surface area contributed by atoms with Gasteiger partial charge in [0.05, 0.1) is 18.6 Å². The first-order valence-electron chi connectivity index (χ1n) is 6.86. The lowest BCUT2D eigenvalue weighted by Crippen LogP contribution is -2.38. The Hall–Kier alpha value is -1.47. The molecule has 0 aliphatic carbocycles. The van der Waals surface area contributed by atoms with Gasteiger partial charge in [0.2, 0.25) is 11.8 Å². The van der Waals surface area contributed by atoms with Crippen molar-refractivity contribution in [2.24, 2.45) is 5.73 Å². The first kappa shape index (κ1) is 16.6. The highest BCUT2D eigenvalue weighted by Crippen LogP contribution is 2.13. The lowest BCUT2D eigenvalue weighted by atomic mass is 10.1. The smallest absolute Gasteiger partial charge is 0.240 e. The summed E-state index contributed by atoms with van der Waals surface area (Å²) in [7, 11) is 1.85. The van der Waals surface area contributed by atoms with Crippen LogP contribution in [0.3, 0.4) is 0 Å². The molecule has 1 aromatic rings. The van der Waals surface area contributed by atoms with Crippen LogP contribution in [-0.4, -0.2) is 52.5 Å². The Balaban J connectivity index is 2.56. The molecule has 0 saturated heterocycles. The minimum Gasteiger partial charge on any atom is -0.342 e. The van der Waals surface area contributed by atoms with Crippen molar-refractivity contribution < 1.29 is 9.32 Å². The number of carbonyl (C=O) groups is 1. The van der Waals surface area contributed by atoms with Crippen LogP contribution in [0.2, 0.25) is 0 Å². The summed E-state index contributed by atoms with van der Waals surface area (Å²) in [4.78, 5) is 19.9. The van der Waals surface area contributed by atoms with Crippen LogP contribution in [0.5, 0.6) is 0 Å². The normalized spacial score (nSPS) is 11.9. The second kappa shape index (κ2) is 6.81. The number of nitrogens with zero attached hydrogens (tertiary/aromatic N) is 4. The van der Waals surface area contributed by atoms with Crippen LogP contribution < -0.4 is 5.73 Å². The number of amides is 1. The molecule has 0 bridgehead atoms. The third kappa shape index (κ3) is 4.57. The van der Waals surface area contributed by atoms with Gasteiger partial charge < -0.3 is 15.2 Å². The van der Waals surface area contributed by atoms with Gasteiger partial charge in [-0.2, -0.15) is 4.98 Å². The Labute approximate surface area is 120 Å². The van der Waals surface area contributed by atoms with E-state index in [-0.39, 0.29) is 5.91 Å². The summed E-state index contributed by atoms with van der Waals surface area (Å²) in [6.45, 7) is 9.75. The summed E-state index contributed by atoms with van der Waals surface area (Å²) < 4.78 is 5.15. The Morgan fingerprint density at radius 1 is 1.35 bits per heavy atom. The summed E-state index contributed by atoms with van der Waals surface area (Å²) in [5, 5.41) is 3.85. The summed E-state index contributed by atoms with van der Waals surface area (Å²) >= 11 is 0. The van der Waals surface area contributed by atoms with Crippen molar-refractivity contribution in [3.05, 3.63) is 11.7 Å². The summed E-state index contributed by atoms with van der Waals surface area (Å²) in [6, 6.07) is 0. The predicted molar refractivity (Wildman–Crippen MR) is 75.8 cm³/mol. The zero-order chi connectivity index (χ0) is 15.3. The molecule has 0 atom stereocenters. The van der Waals surface area contributed by atoms with E-state index in [1.54, 1.807) is 4.90 Å². The Morgan fingerprint density at radius 2 is 1.95 bits per heavy atom. The van der Waals surface area contributed by atoms with E-state index in [1.165, 1.54) is 0 Å². The minimum absolute atomic E-state index is 0.0939. The Morgan fingerprint density at radius 3 is 2.40 bits per heavy atom. The maximum absolute atomic E-state index is 12.0. The van der Waals surface area contributed by atoms with E-state index in [0.717, 1.165) is 13.1 Å². The molecule has 1 heterocycles. The molecular weight excluding hydrogens is 258 g/mol. The summed E-state index contributed by atoms with van der Waals surface area (Å²) in [6.07, 6.45) is 0. The van der Waals surface area contributed by atoms with Crippen LogP contribution in [0.25, 0.3) is 0 Å². The molecule has 0 aliphatic rings. The molecule has 0 saturated carbocycles. The van der Waals surface area contributed by atoms with Crippen LogP contribution in [0.1, 0.15) is 39.4 Å². The second-order valence-corrected chi connectivity index (χ2v) is 5.47. The average molecular weight is 283 g/mol. The third-order valence-corrected chi connectivity index (χ3v) is 2.97. The number of carbonyl (C=O) groups excluding carboxylic acids is 1. The van der Waals surface area contributed by atoms with Crippen molar-refractivity contribution >= 4 is 5.91 Å². The number of rotatable bonds is 7. The van der Waals surface area contributed by atoms with E-state index in [0.29, 0.717) is 24.8 Å². The van der Waals surface area contributed by atoms with E-state index >= 15 is 0 Å². The van der Waals surface area contributed by atoms with E-state index in [1.807, 2.05) is 39.6 Å². The summed E-state index contributed by atoms with van der Waals surface area (Å²) in [5.74, 6) is 1.03. The van der Waals surface area contributed by atoms with Gasteiger partial charge >= 0.3 is 0 Å². The lowest BCUT2D eigenvalue weighted by molar-refractivity contribution is -0.131. The van der Waals surface area contributed by atoms with Gasteiger partial charge in [-0.3, -0.25) is 9.69 Å². The van der Waals surface area contributed by atoms with Crippen molar-refractivity contribution in [3.8, 4) is 0 Å². The molecule has 7 nitrogen and oxygen atoms in total. The van der Waals surface area contributed by atoms with Crippen molar-refractivity contribution in [2.45, 2.75) is 39.8 Å². The number of aromatic nitrogens is 2. The number of hydrogen-bond donors (Lipinski definition) is 1. The first-order valence-corrected chi connectivity index (χ1v) is 6.86. The molecule has 0 fully saturated rings. The van der Waals surface area contributed by atoms with Crippen LogP contribution in [0.15, 0.2) is 4.52 Å². The maximum atomic E-state index is 12.0. The monoisotopic (exact) mass is 283 g/mol. The third-order valence-electron chi connectivity index (χ3n) is 2.97. The molecule has 0 aromatic carbocycles. The molecule has 1 amide bonds. The molecule has 1 rings (SSSR count). The highest BCUT2D eigenvalue weighted by molar-refractivity contribution is 5.78. The average Bonchev–Trinajstić information content (AvgIpc) is 2.78. The molecule has 7 heteroatoms. The molecular formula is C13H25N5O2. The van der Waals surface area contributed by atoms with Gasteiger partial charge in [0.1, 0.15) is 0 Å². The van der Waals surface area contributed by atoms with Crippen molar-refractivity contribution in [2.75, 3.05) is 26.7 Å². The molecule has 2 N–H and O–H groups in total. The number of nitrogens with two attached hydrogens (primary N) is 1. The zero-order valence-corrected chi connectivity index (χ0v) is 13.0. The molecule has 0 radical (unpaired) electrons. The molecule has 114 valence electrons. The van der Waals surface area contributed by atoms with Crippen molar-refractivity contribution in [1.29, 1.82) is 0 Å². The second-order valence-electron chi connectivity index (χ2n) is 5.47. The van der Waals surface area contributed by atoms with Crippen molar-refractivity contribution in [3.63, 3.8) is 0 Å². The maximum Gasteiger partial charge on any atom is 0.240 e. The fraction of sp³-hybridized carbons (Fsp3) is 0.769. The molecule has 0 aliphatic heterocycles. The first-order chi connectivity index (χ1) is 9.27. The fourth-order valence-electron chi connectivity index (χ4n) is 1.77. The van der Waals surface area contributed by atoms with Crippen molar-refractivity contribution in [1.82, 2.24) is 19.9 Å². The van der Waals surface area contributed by atoms with Gasteiger partial charge in [-0.05, 0) is 34.7 Å². The molecule has 0 spiro atoms. The highest BCUT2D eigenvalue weighted by Gasteiger charge is 2.22. The van der Waals surface area contributed by atoms with Gasteiger partial charge in [0.25, 0.3) is 0 Å². The highest BCUT2D eigenvalue weighted by atomic mass is 16.5. The van der Waals surface area contributed by atoms with Gasteiger partial charge in [0, 0.05) is 13.1 Å². The number of likely N-dealkylation sites (N-methyl/N-ethyl adjacent to an activating group) is 2. The van der Waals surface area contributed by atoms with E-state index in [9.17, 15) is 4.79 Å². The molecule has 20 heavy (non-hydrogen) atoms. The van der Waals surface area contributed by atoms with Gasteiger partial charge in [0.15, 0.2) is 5.82 Å². The minimum atomic E-state index is -0.628. The van der Waals surface area contributed by atoms with Crippen LogP contribution in [0.4, 0.5) is 0 Å². The molecule has 0 unspecified atom stereocenters. The van der Waals surface area contributed by atoms with Gasteiger partial charge in [-0.15, -0.1) is 0 Å². The van der Waals surface area contributed by atoms with E-state index in [4.69, 9.17) is 10.3 Å². The van der Waals surface area contributed by atoms with Crippen LogP contribution >= 0.6 is 0 Å². The zero-order valence-electron chi connectivity index (χ0n) is 13.0. The Bertz CT molecular complexity index is 434. The van der Waals surface area contributed by atoms with Crippen LogP contribution in [0, 0.1) is 0 Å². The lowest BCUT2D eigenvalue weighted by Gasteiger charge is -2.22. The largest absolute Gasteiger partial charge is 0.342 e. The topological polar surface area (TPSA) is 88.5 Å². The quantitative estimate of drug-likeness (QED) is 0.786. The summed E-state index contributed by atoms with van der Waals surface area (Å²) in [5.41, 5.74) is 5.27. The van der Waals surface area contributed by atoms with Gasteiger partial charge in [-0.25, -0.2) is 0 Å². The number of hydrogen-bond acceptors (Lipinski definition) is 6. The predicted octanol–water partition coefficient (Wildman–Crippen LogP) is 0.564. The van der Waals surface area contributed by atoms with Gasteiger partial charge in [-0.1, -0.05) is 5.16 Å². The SMILES string of the molecule is CCN(CC)C(=O)CN(C)Cc1nc(C(C)(C)N)no1.